The standard InChI is InChI=1S/C20H22O3/c1-13-11-14(2)16(15(3)12-13)9-10-17(21)20-18(22-4)7-6-8-19(20)23-5/h6-12H,1-5H3/b10-9+. The van der Waals surface area contributed by atoms with E-state index >= 15 is 0 Å². The number of carbonyl (C=O) groups excluding carboxylic acids is 1. The molecule has 0 atom stereocenters. The molecule has 3 nitrogen and oxygen atoms in total. The molecule has 2 aromatic carbocycles. The van der Waals surface area contributed by atoms with Gasteiger partial charge in [0, 0.05) is 0 Å². The smallest absolute Gasteiger partial charge is 0.193 e. The molecule has 23 heavy (non-hydrogen) atoms. The largest absolute Gasteiger partial charge is 0.496 e. The second kappa shape index (κ2) is 7.14. The van der Waals surface area contributed by atoms with Gasteiger partial charge in [-0.25, -0.2) is 0 Å². The molecule has 3 heteroatoms. The van der Waals surface area contributed by atoms with Gasteiger partial charge in [0.1, 0.15) is 17.1 Å². The molecule has 0 radical (unpaired) electrons. The maximum absolute atomic E-state index is 12.6. The Morgan fingerprint density at radius 1 is 0.957 bits per heavy atom. The van der Waals surface area contributed by atoms with E-state index in [9.17, 15) is 4.79 Å². The normalized spacial score (nSPS) is 10.8. The second-order valence-electron chi connectivity index (χ2n) is 5.55. The van der Waals surface area contributed by atoms with Gasteiger partial charge in [-0.3, -0.25) is 4.79 Å². The molecule has 0 fully saturated rings. The highest BCUT2D eigenvalue weighted by molar-refractivity contribution is 6.10. The van der Waals surface area contributed by atoms with Crippen LogP contribution < -0.4 is 9.47 Å². The average molecular weight is 310 g/mol. The van der Waals surface area contributed by atoms with Crippen LogP contribution in [0.15, 0.2) is 36.4 Å². The van der Waals surface area contributed by atoms with Crippen molar-refractivity contribution in [2.75, 3.05) is 14.2 Å². The molecule has 0 amide bonds. The third-order valence-electron chi connectivity index (χ3n) is 3.81. The van der Waals surface area contributed by atoms with Gasteiger partial charge in [0.05, 0.1) is 14.2 Å². The van der Waals surface area contributed by atoms with E-state index < -0.39 is 0 Å². The Balaban J connectivity index is 2.40. The predicted octanol–water partition coefficient (Wildman–Crippen LogP) is 4.53. The van der Waals surface area contributed by atoms with E-state index in [0.29, 0.717) is 17.1 Å². The van der Waals surface area contributed by atoms with Crippen molar-refractivity contribution < 1.29 is 14.3 Å². The monoisotopic (exact) mass is 310 g/mol. The van der Waals surface area contributed by atoms with E-state index in [2.05, 4.69) is 19.1 Å². The molecule has 0 saturated heterocycles. The average Bonchev–Trinajstić information content (AvgIpc) is 2.52. The van der Waals surface area contributed by atoms with Crippen molar-refractivity contribution in [1.29, 1.82) is 0 Å². The summed E-state index contributed by atoms with van der Waals surface area (Å²) in [6.45, 7) is 6.17. The summed E-state index contributed by atoms with van der Waals surface area (Å²) >= 11 is 0. The Labute approximate surface area is 137 Å². The lowest BCUT2D eigenvalue weighted by molar-refractivity contribution is 0.104. The number of rotatable bonds is 5. The molecule has 0 aliphatic carbocycles. The van der Waals surface area contributed by atoms with Crippen LogP contribution in [0.1, 0.15) is 32.6 Å². The second-order valence-corrected chi connectivity index (χ2v) is 5.55. The van der Waals surface area contributed by atoms with E-state index in [-0.39, 0.29) is 5.78 Å². The third kappa shape index (κ3) is 3.62. The van der Waals surface area contributed by atoms with Crippen molar-refractivity contribution in [3.8, 4) is 11.5 Å². The van der Waals surface area contributed by atoms with Crippen molar-refractivity contribution in [3.05, 3.63) is 64.2 Å². The van der Waals surface area contributed by atoms with Gasteiger partial charge >= 0.3 is 0 Å². The van der Waals surface area contributed by atoms with Crippen LogP contribution in [0.5, 0.6) is 11.5 Å². The Bertz CT molecular complexity index is 712. The molecule has 0 aromatic heterocycles. The number of aryl methyl sites for hydroxylation is 3. The quantitative estimate of drug-likeness (QED) is 0.601. The van der Waals surface area contributed by atoms with Crippen LogP contribution in [-0.2, 0) is 0 Å². The fourth-order valence-electron chi connectivity index (χ4n) is 2.79. The first-order valence-electron chi connectivity index (χ1n) is 7.49. The van der Waals surface area contributed by atoms with Crippen LogP contribution in [0.2, 0.25) is 0 Å². The first kappa shape index (κ1) is 16.8. The zero-order valence-electron chi connectivity index (χ0n) is 14.3. The lowest BCUT2D eigenvalue weighted by atomic mass is 9.98. The van der Waals surface area contributed by atoms with Crippen LogP contribution in [0, 0.1) is 20.8 Å². The minimum absolute atomic E-state index is 0.140. The fourth-order valence-corrected chi connectivity index (χ4v) is 2.79. The fraction of sp³-hybridized carbons (Fsp3) is 0.250. The molecule has 0 N–H and O–H groups in total. The Hall–Kier alpha value is -2.55. The van der Waals surface area contributed by atoms with Gasteiger partial charge in [-0.2, -0.15) is 0 Å². The lowest BCUT2D eigenvalue weighted by Gasteiger charge is -2.11. The summed E-state index contributed by atoms with van der Waals surface area (Å²) in [4.78, 5) is 12.6. The Morgan fingerprint density at radius 3 is 1.96 bits per heavy atom. The Kier molecular flexibility index (Phi) is 5.22. The molecule has 120 valence electrons. The maximum atomic E-state index is 12.6. The number of carbonyl (C=O) groups is 1. The van der Waals surface area contributed by atoms with Gasteiger partial charge in [0.15, 0.2) is 5.78 Å². The maximum Gasteiger partial charge on any atom is 0.193 e. The summed E-state index contributed by atoms with van der Waals surface area (Å²) in [6.07, 6.45) is 3.43. The number of hydrogen-bond donors (Lipinski definition) is 0. The molecule has 2 rings (SSSR count). The summed E-state index contributed by atoms with van der Waals surface area (Å²) in [5, 5.41) is 0. The van der Waals surface area contributed by atoms with Gasteiger partial charge in [-0.05, 0) is 55.7 Å². The number of ketones is 1. The van der Waals surface area contributed by atoms with Gasteiger partial charge in [-0.1, -0.05) is 29.8 Å². The van der Waals surface area contributed by atoms with Crippen LogP contribution >= 0.6 is 0 Å². The van der Waals surface area contributed by atoms with Crippen LogP contribution in [0.4, 0.5) is 0 Å². The molecular weight excluding hydrogens is 288 g/mol. The summed E-state index contributed by atoms with van der Waals surface area (Å²) in [5.74, 6) is 0.881. The Morgan fingerprint density at radius 2 is 1.48 bits per heavy atom. The summed E-state index contributed by atoms with van der Waals surface area (Å²) < 4.78 is 10.6. The number of benzene rings is 2. The van der Waals surface area contributed by atoms with Gasteiger partial charge < -0.3 is 9.47 Å². The van der Waals surface area contributed by atoms with Crippen molar-refractivity contribution in [2.45, 2.75) is 20.8 Å². The molecule has 0 saturated carbocycles. The molecule has 0 aliphatic heterocycles. The summed E-state index contributed by atoms with van der Waals surface area (Å²) in [6, 6.07) is 9.53. The van der Waals surface area contributed by atoms with Crippen LogP contribution in [0.3, 0.4) is 0 Å². The molecule has 0 aliphatic rings. The SMILES string of the molecule is COc1cccc(OC)c1C(=O)/C=C/c1c(C)cc(C)cc1C. The zero-order valence-corrected chi connectivity index (χ0v) is 14.3. The van der Waals surface area contributed by atoms with Gasteiger partial charge in [0.25, 0.3) is 0 Å². The van der Waals surface area contributed by atoms with Crippen molar-refractivity contribution >= 4 is 11.9 Å². The minimum Gasteiger partial charge on any atom is -0.496 e. The first-order chi connectivity index (χ1) is 11.0. The predicted molar refractivity (Wildman–Crippen MR) is 93.6 cm³/mol. The molecule has 0 heterocycles. The molecule has 0 spiro atoms. The van der Waals surface area contributed by atoms with Crippen molar-refractivity contribution in [1.82, 2.24) is 0 Å². The van der Waals surface area contributed by atoms with Crippen molar-refractivity contribution in [2.24, 2.45) is 0 Å². The van der Waals surface area contributed by atoms with E-state index in [1.807, 2.05) is 19.9 Å². The van der Waals surface area contributed by atoms with Gasteiger partial charge in [-0.15, -0.1) is 0 Å². The zero-order chi connectivity index (χ0) is 17.0. The highest BCUT2D eigenvalue weighted by Gasteiger charge is 2.15. The number of hydrogen-bond acceptors (Lipinski definition) is 3. The van der Waals surface area contributed by atoms with Crippen LogP contribution in [0.25, 0.3) is 6.08 Å². The lowest BCUT2D eigenvalue weighted by Crippen LogP contribution is -2.02. The summed E-state index contributed by atoms with van der Waals surface area (Å²) in [5.41, 5.74) is 5.03. The van der Waals surface area contributed by atoms with E-state index in [1.54, 1.807) is 38.5 Å². The summed E-state index contributed by atoms with van der Waals surface area (Å²) in [7, 11) is 3.09. The molecule has 2 aromatic rings. The number of ether oxygens (including phenoxy) is 2. The van der Waals surface area contributed by atoms with Crippen LogP contribution in [-0.4, -0.2) is 20.0 Å². The molecule has 0 unspecified atom stereocenters. The van der Waals surface area contributed by atoms with E-state index in [0.717, 1.165) is 16.7 Å². The number of allylic oxidation sites excluding steroid dienone is 1. The first-order valence-corrected chi connectivity index (χ1v) is 7.49. The van der Waals surface area contributed by atoms with Crippen molar-refractivity contribution in [3.63, 3.8) is 0 Å². The minimum atomic E-state index is -0.140. The molecular formula is C20H22O3. The number of methoxy groups -OCH3 is 2. The molecule has 0 bridgehead atoms. The van der Waals surface area contributed by atoms with Gasteiger partial charge in [0.2, 0.25) is 0 Å². The van der Waals surface area contributed by atoms with E-state index in [4.69, 9.17) is 9.47 Å². The highest BCUT2D eigenvalue weighted by Crippen LogP contribution is 2.29. The highest BCUT2D eigenvalue weighted by atomic mass is 16.5. The topological polar surface area (TPSA) is 35.5 Å². The van der Waals surface area contributed by atoms with E-state index in [1.165, 1.54) is 5.56 Å². The third-order valence-corrected chi connectivity index (χ3v) is 3.81.